The molecule has 0 fully saturated rings. The van der Waals surface area contributed by atoms with Crippen LogP contribution in [0.4, 0.5) is 0 Å². The lowest BCUT2D eigenvalue weighted by molar-refractivity contribution is 0.0746. The molecule has 5 heteroatoms. The number of nitrogens with zero attached hydrogens (tertiary/aromatic N) is 1. The zero-order valence-corrected chi connectivity index (χ0v) is 21.4. The van der Waals surface area contributed by atoms with E-state index in [9.17, 15) is 9.59 Å². The van der Waals surface area contributed by atoms with Gasteiger partial charge in [0.15, 0.2) is 0 Å². The third-order valence-electron chi connectivity index (χ3n) is 6.62. The van der Waals surface area contributed by atoms with Gasteiger partial charge in [0.25, 0.3) is 5.91 Å². The molecule has 38 heavy (non-hydrogen) atoms. The summed E-state index contributed by atoms with van der Waals surface area (Å²) >= 11 is 0. The Balaban J connectivity index is 1.48. The van der Waals surface area contributed by atoms with Crippen LogP contribution in [0.3, 0.4) is 0 Å². The fourth-order valence-corrected chi connectivity index (χ4v) is 4.57. The number of benzene rings is 4. The van der Waals surface area contributed by atoms with E-state index in [4.69, 9.17) is 9.47 Å². The van der Waals surface area contributed by atoms with Gasteiger partial charge in [0.05, 0.1) is 5.56 Å². The number of allylic oxidation sites excluding steroid dienone is 1. The summed E-state index contributed by atoms with van der Waals surface area (Å²) in [6.07, 6.45) is 0.827. The van der Waals surface area contributed by atoms with Gasteiger partial charge in [-0.25, -0.2) is 0 Å². The van der Waals surface area contributed by atoms with Gasteiger partial charge in [-0.2, -0.15) is 0 Å². The molecule has 5 rings (SSSR count). The minimum absolute atomic E-state index is 0.144. The minimum Gasteiger partial charge on any atom is -0.488 e. The van der Waals surface area contributed by atoms with Crippen molar-refractivity contribution in [3.05, 3.63) is 137 Å². The van der Waals surface area contributed by atoms with Gasteiger partial charge >= 0.3 is 0 Å². The summed E-state index contributed by atoms with van der Waals surface area (Å²) in [6.45, 7) is 7.64. The molecule has 0 aliphatic carbocycles. The third kappa shape index (κ3) is 5.52. The van der Waals surface area contributed by atoms with Crippen LogP contribution < -0.4 is 9.47 Å². The molecule has 1 aliphatic rings. The number of ether oxygens (including phenoxy) is 2. The molecule has 0 unspecified atom stereocenters. The second kappa shape index (κ2) is 11.2. The molecule has 1 amide bonds. The molecule has 0 N–H and O–H groups in total. The maximum Gasteiger partial charge on any atom is 0.258 e. The maximum absolute atomic E-state index is 13.9. The van der Waals surface area contributed by atoms with Gasteiger partial charge in [0.1, 0.15) is 31.0 Å². The second-order valence-electron chi connectivity index (χ2n) is 9.48. The van der Waals surface area contributed by atoms with E-state index in [0.29, 0.717) is 48.9 Å². The van der Waals surface area contributed by atoms with Gasteiger partial charge < -0.3 is 14.4 Å². The van der Waals surface area contributed by atoms with Crippen molar-refractivity contribution >= 4 is 17.8 Å². The summed E-state index contributed by atoms with van der Waals surface area (Å²) in [5, 5.41) is 0. The Kier molecular flexibility index (Phi) is 7.36. The Morgan fingerprint density at radius 1 is 0.789 bits per heavy atom. The van der Waals surface area contributed by atoms with Crippen LogP contribution in [0.5, 0.6) is 11.5 Å². The number of aldehydes is 1. The fourth-order valence-electron chi connectivity index (χ4n) is 4.57. The number of carbonyl (C=O) groups excluding carboxylic acids is 2. The van der Waals surface area contributed by atoms with Gasteiger partial charge in [-0.1, -0.05) is 79.4 Å². The standard InChI is InChI=1S/C33H29NO4/c1-23(2)29-16-30(33(36)34-18-27-14-13-26(20-35)15-28(27)19-34)32(38-22-25-11-7-4-8-12-25)17-31(29)37-21-24-9-5-3-6-10-24/h3-17,20H,1,18-19,21-22H2,2H3. The van der Waals surface area contributed by atoms with E-state index in [1.165, 1.54) is 0 Å². The molecule has 0 atom stereocenters. The van der Waals surface area contributed by atoms with E-state index in [1.54, 1.807) is 17.0 Å². The molecule has 0 spiro atoms. The number of carbonyl (C=O) groups is 2. The highest BCUT2D eigenvalue weighted by atomic mass is 16.5. The van der Waals surface area contributed by atoms with E-state index in [2.05, 4.69) is 6.58 Å². The molecule has 0 radical (unpaired) electrons. The molecule has 1 aliphatic heterocycles. The SMILES string of the molecule is C=C(C)c1cc(C(=O)N2Cc3ccc(C=O)cc3C2)c(OCc2ccccc2)cc1OCc1ccccc1. The van der Waals surface area contributed by atoms with Crippen LogP contribution in [0, 0.1) is 0 Å². The van der Waals surface area contributed by atoms with Crippen LogP contribution in [-0.2, 0) is 26.3 Å². The largest absolute Gasteiger partial charge is 0.488 e. The predicted octanol–water partition coefficient (Wildman–Crippen LogP) is 6.85. The number of fused-ring (bicyclic) bond motifs is 1. The van der Waals surface area contributed by atoms with Gasteiger partial charge in [-0.15, -0.1) is 0 Å². The number of hydrogen-bond acceptors (Lipinski definition) is 4. The first-order valence-electron chi connectivity index (χ1n) is 12.6. The quantitative estimate of drug-likeness (QED) is 0.235. The molecular weight excluding hydrogens is 474 g/mol. The Morgan fingerprint density at radius 3 is 1.95 bits per heavy atom. The van der Waals surface area contributed by atoms with Crippen LogP contribution >= 0.6 is 0 Å². The molecular formula is C33H29NO4. The van der Waals surface area contributed by atoms with Gasteiger partial charge in [0.2, 0.25) is 0 Å². The Hall–Kier alpha value is -4.64. The van der Waals surface area contributed by atoms with E-state index < -0.39 is 0 Å². The summed E-state index contributed by atoms with van der Waals surface area (Å²) < 4.78 is 12.5. The number of amides is 1. The van der Waals surface area contributed by atoms with E-state index in [1.807, 2.05) is 85.8 Å². The van der Waals surface area contributed by atoms with Gasteiger partial charge in [0, 0.05) is 30.3 Å². The van der Waals surface area contributed by atoms with E-state index in [0.717, 1.165) is 39.7 Å². The van der Waals surface area contributed by atoms with E-state index >= 15 is 0 Å². The summed E-state index contributed by atoms with van der Waals surface area (Å²) in [5.41, 5.74) is 6.67. The number of hydrogen-bond donors (Lipinski definition) is 0. The normalized spacial score (nSPS) is 12.1. The van der Waals surface area contributed by atoms with Crippen LogP contribution in [0.2, 0.25) is 0 Å². The van der Waals surface area contributed by atoms with Crippen molar-refractivity contribution in [3.8, 4) is 11.5 Å². The van der Waals surface area contributed by atoms with Gasteiger partial charge in [-0.3, -0.25) is 9.59 Å². The van der Waals surface area contributed by atoms with Crippen LogP contribution in [0.1, 0.15) is 55.5 Å². The smallest absolute Gasteiger partial charge is 0.258 e. The van der Waals surface area contributed by atoms with E-state index in [-0.39, 0.29) is 5.91 Å². The van der Waals surface area contributed by atoms with Crippen LogP contribution in [0.15, 0.2) is 97.6 Å². The highest BCUT2D eigenvalue weighted by Crippen LogP contribution is 2.36. The second-order valence-corrected chi connectivity index (χ2v) is 9.48. The van der Waals surface area contributed by atoms with Crippen molar-refractivity contribution in [1.82, 2.24) is 4.90 Å². The Morgan fingerprint density at radius 2 is 1.37 bits per heavy atom. The first kappa shape index (κ1) is 25.0. The van der Waals surface area contributed by atoms with Crippen molar-refractivity contribution in [3.63, 3.8) is 0 Å². The third-order valence-corrected chi connectivity index (χ3v) is 6.62. The average molecular weight is 504 g/mol. The Labute approximate surface area is 223 Å². The lowest BCUT2D eigenvalue weighted by atomic mass is 10.0. The summed E-state index contributed by atoms with van der Waals surface area (Å²) in [6, 6.07) is 28.9. The topological polar surface area (TPSA) is 55.8 Å². The maximum atomic E-state index is 13.9. The molecule has 1 heterocycles. The van der Waals surface area contributed by atoms with Crippen molar-refractivity contribution in [2.24, 2.45) is 0 Å². The molecule has 0 saturated heterocycles. The lowest BCUT2D eigenvalue weighted by Crippen LogP contribution is -2.26. The summed E-state index contributed by atoms with van der Waals surface area (Å²) in [5.74, 6) is 0.923. The van der Waals surface area contributed by atoms with Crippen molar-refractivity contribution in [1.29, 1.82) is 0 Å². The summed E-state index contributed by atoms with van der Waals surface area (Å²) in [7, 11) is 0. The molecule has 190 valence electrons. The highest BCUT2D eigenvalue weighted by Gasteiger charge is 2.28. The van der Waals surface area contributed by atoms with Crippen LogP contribution in [0.25, 0.3) is 5.57 Å². The lowest BCUT2D eigenvalue weighted by Gasteiger charge is -2.21. The van der Waals surface area contributed by atoms with Crippen molar-refractivity contribution in [2.75, 3.05) is 0 Å². The monoisotopic (exact) mass is 503 g/mol. The first-order chi connectivity index (χ1) is 18.5. The zero-order valence-electron chi connectivity index (χ0n) is 21.4. The predicted molar refractivity (Wildman–Crippen MR) is 148 cm³/mol. The first-order valence-corrected chi connectivity index (χ1v) is 12.6. The van der Waals surface area contributed by atoms with Crippen molar-refractivity contribution in [2.45, 2.75) is 33.2 Å². The van der Waals surface area contributed by atoms with Crippen molar-refractivity contribution < 1.29 is 19.1 Å². The number of rotatable bonds is 9. The zero-order chi connectivity index (χ0) is 26.5. The van der Waals surface area contributed by atoms with Crippen LogP contribution in [-0.4, -0.2) is 17.1 Å². The Bertz CT molecular complexity index is 1480. The molecule has 0 bridgehead atoms. The average Bonchev–Trinajstić information content (AvgIpc) is 3.39. The molecule has 4 aromatic rings. The fraction of sp³-hybridized carbons (Fsp3) is 0.152. The summed E-state index contributed by atoms with van der Waals surface area (Å²) in [4.78, 5) is 26.9. The molecule has 0 aromatic heterocycles. The van der Waals surface area contributed by atoms with Gasteiger partial charge in [-0.05, 0) is 46.9 Å². The molecule has 5 nitrogen and oxygen atoms in total. The highest BCUT2D eigenvalue weighted by molar-refractivity contribution is 5.98. The molecule has 0 saturated carbocycles. The minimum atomic E-state index is -0.144. The molecule has 4 aromatic carbocycles.